The molecular formula is C28H31ClN4O3. The fourth-order valence-corrected chi connectivity index (χ4v) is 4.21. The highest BCUT2D eigenvalue weighted by Crippen LogP contribution is 2.24. The van der Waals surface area contributed by atoms with E-state index in [1.807, 2.05) is 48.2 Å². The molecule has 1 aliphatic rings. The van der Waals surface area contributed by atoms with Crippen LogP contribution in [-0.4, -0.2) is 35.6 Å². The number of hydrogen-bond acceptors (Lipinski definition) is 4. The minimum absolute atomic E-state index is 0. The number of amidine groups is 1. The van der Waals surface area contributed by atoms with Crippen LogP contribution in [0.1, 0.15) is 45.5 Å². The monoisotopic (exact) mass is 506 g/mol. The first-order valence-electron chi connectivity index (χ1n) is 11.7. The molecule has 0 aromatic heterocycles. The lowest BCUT2D eigenvalue weighted by Gasteiger charge is -2.17. The van der Waals surface area contributed by atoms with Crippen LogP contribution in [0.5, 0.6) is 5.75 Å². The van der Waals surface area contributed by atoms with Gasteiger partial charge >= 0.3 is 0 Å². The average Bonchev–Trinajstić information content (AvgIpc) is 3.38. The van der Waals surface area contributed by atoms with Crippen LogP contribution in [0.2, 0.25) is 0 Å². The Kier molecular flexibility index (Phi) is 9.08. The van der Waals surface area contributed by atoms with Gasteiger partial charge in [-0.15, -0.1) is 12.4 Å². The summed E-state index contributed by atoms with van der Waals surface area (Å²) >= 11 is 0. The van der Waals surface area contributed by atoms with E-state index in [1.54, 1.807) is 30.3 Å². The van der Waals surface area contributed by atoms with Crippen LogP contribution in [0.25, 0.3) is 0 Å². The molecule has 1 saturated heterocycles. The maximum atomic E-state index is 12.9. The largest absolute Gasteiger partial charge is 0.489 e. The number of nitrogens with two attached hydrogens (primary N) is 1. The number of nitrogens with one attached hydrogen (secondary N) is 2. The first kappa shape index (κ1) is 26.8. The normalized spacial score (nSPS) is 12.5. The van der Waals surface area contributed by atoms with Crippen molar-refractivity contribution in [3.05, 3.63) is 94.5 Å². The first-order chi connectivity index (χ1) is 16.9. The van der Waals surface area contributed by atoms with Gasteiger partial charge in [0.25, 0.3) is 5.91 Å². The number of aryl methyl sites for hydroxylation is 1. The smallest absolute Gasteiger partial charge is 0.254 e. The molecule has 0 unspecified atom stereocenters. The third-order valence-corrected chi connectivity index (χ3v) is 6.09. The van der Waals surface area contributed by atoms with E-state index in [9.17, 15) is 9.59 Å². The number of nitrogen functional groups attached to an aromatic ring is 1. The van der Waals surface area contributed by atoms with E-state index < -0.39 is 0 Å². The van der Waals surface area contributed by atoms with E-state index in [2.05, 4.69) is 5.32 Å². The summed E-state index contributed by atoms with van der Waals surface area (Å²) in [5, 5.41) is 10.7. The van der Waals surface area contributed by atoms with Crippen molar-refractivity contribution in [3.63, 3.8) is 0 Å². The number of benzene rings is 3. The average molecular weight is 507 g/mol. The van der Waals surface area contributed by atoms with Gasteiger partial charge in [0.1, 0.15) is 18.2 Å². The molecule has 3 aromatic rings. The number of rotatable bonds is 8. The van der Waals surface area contributed by atoms with Crippen LogP contribution in [-0.2, 0) is 17.8 Å². The Hall–Kier alpha value is -3.84. The minimum Gasteiger partial charge on any atom is -0.489 e. The number of hydrogen-bond donors (Lipinski definition) is 3. The summed E-state index contributed by atoms with van der Waals surface area (Å²) in [4.78, 5) is 27.5. The summed E-state index contributed by atoms with van der Waals surface area (Å²) in [6, 6.07) is 20.3. The summed E-state index contributed by atoms with van der Waals surface area (Å²) in [6.07, 6.45) is 2.14. The standard InChI is InChI=1S/C28H30N4O3.ClH/c1-19-15-23(10-11-24(19)28(34)32-13-5-6-14-32)31-26(33)17-22-16-21(27(29)30)9-12-25(22)35-18-20-7-3-2-4-8-20;/h2-4,7-12,15-16H,5-6,13-14,17-18H2,1H3,(H3,29,30)(H,31,33);1H. The van der Waals surface area contributed by atoms with Gasteiger partial charge in [0.2, 0.25) is 5.91 Å². The lowest BCUT2D eigenvalue weighted by molar-refractivity contribution is -0.115. The van der Waals surface area contributed by atoms with Crippen molar-refractivity contribution in [1.82, 2.24) is 4.90 Å². The van der Waals surface area contributed by atoms with Crippen LogP contribution < -0.4 is 15.8 Å². The van der Waals surface area contributed by atoms with E-state index in [0.717, 1.165) is 37.1 Å². The van der Waals surface area contributed by atoms with Crippen molar-refractivity contribution in [1.29, 1.82) is 5.41 Å². The number of carbonyl (C=O) groups excluding carboxylic acids is 2. The molecule has 2 amide bonds. The molecule has 8 heteroatoms. The van der Waals surface area contributed by atoms with Gasteiger partial charge in [-0.1, -0.05) is 30.3 Å². The second-order valence-electron chi connectivity index (χ2n) is 8.76. The van der Waals surface area contributed by atoms with E-state index in [1.165, 1.54) is 0 Å². The number of halogens is 1. The molecule has 3 aromatic carbocycles. The Morgan fingerprint density at radius 2 is 1.75 bits per heavy atom. The van der Waals surface area contributed by atoms with Gasteiger partial charge in [0.15, 0.2) is 0 Å². The first-order valence-corrected chi connectivity index (χ1v) is 11.7. The summed E-state index contributed by atoms with van der Waals surface area (Å²) in [5.74, 6) is 0.305. The number of likely N-dealkylation sites (tertiary alicyclic amines) is 1. The minimum atomic E-state index is -0.228. The number of nitrogens with zero attached hydrogens (tertiary/aromatic N) is 1. The van der Waals surface area contributed by atoms with Gasteiger partial charge < -0.3 is 20.7 Å². The molecule has 0 aliphatic carbocycles. The van der Waals surface area contributed by atoms with Crippen LogP contribution >= 0.6 is 12.4 Å². The molecule has 0 atom stereocenters. The SMILES string of the molecule is Cc1cc(NC(=O)Cc2cc(C(=N)N)ccc2OCc2ccccc2)ccc1C(=O)N1CCCC1.Cl. The van der Waals surface area contributed by atoms with Gasteiger partial charge in [-0.25, -0.2) is 0 Å². The summed E-state index contributed by atoms with van der Waals surface area (Å²) in [5.41, 5.74) is 9.96. The summed E-state index contributed by atoms with van der Waals surface area (Å²) in [6.45, 7) is 3.83. The molecule has 188 valence electrons. The maximum Gasteiger partial charge on any atom is 0.254 e. The summed E-state index contributed by atoms with van der Waals surface area (Å²) in [7, 11) is 0. The highest BCUT2D eigenvalue weighted by molar-refractivity contribution is 5.98. The third kappa shape index (κ3) is 6.64. The summed E-state index contributed by atoms with van der Waals surface area (Å²) < 4.78 is 5.99. The number of anilines is 1. The molecule has 0 saturated carbocycles. The van der Waals surface area contributed by atoms with Crippen molar-refractivity contribution in [3.8, 4) is 5.75 Å². The van der Waals surface area contributed by atoms with Crippen molar-refractivity contribution in [2.75, 3.05) is 18.4 Å². The van der Waals surface area contributed by atoms with Crippen molar-refractivity contribution in [2.24, 2.45) is 5.73 Å². The molecule has 7 nitrogen and oxygen atoms in total. The van der Waals surface area contributed by atoms with Crippen molar-refractivity contribution in [2.45, 2.75) is 32.8 Å². The second kappa shape index (κ2) is 12.2. The molecule has 0 bridgehead atoms. The molecule has 4 rings (SSSR count). The van der Waals surface area contributed by atoms with Crippen molar-refractivity contribution >= 4 is 35.7 Å². The number of amides is 2. The van der Waals surface area contributed by atoms with Crippen LogP contribution in [0.15, 0.2) is 66.7 Å². The van der Waals surface area contributed by atoms with Gasteiger partial charge in [-0.05, 0) is 67.3 Å². The molecular weight excluding hydrogens is 476 g/mol. The van der Waals surface area contributed by atoms with Gasteiger partial charge in [-0.3, -0.25) is 15.0 Å². The fourth-order valence-electron chi connectivity index (χ4n) is 4.21. The predicted octanol–water partition coefficient (Wildman–Crippen LogP) is 4.70. The topological polar surface area (TPSA) is 109 Å². The van der Waals surface area contributed by atoms with Crippen molar-refractivity contribution < 1.29 is 14.3 Å². The van der Waals surface area contributed by atoms with E-state index in [4.69, 9.17) is 15.9 Å². The van der Waals surface area contributed by atoms with Crippen LogP contribution in [0, 0.1) is 12.3 Å². The number of ether oxygens (including phenoxy) is 1. The molecule has 1 fully saturated rings. The molecule has 0 spiro atoms. The maximum absolute atomic E-state index is 12.9. The highest BCUT2D eigenvalue weighted by Gasteiger charge is 2.21. The third-order valence-electron chi connectivity index (χ3n) is 6.09. The van der Waals surface area contributed by atoms with E-state index in [0.29, 0.717) is 34.7 Å². The molecule has 4 N–H and O–H groups in total. The van der Waals surface area contributed by atoms with E-state index >= 15 is 0 Å². The van der Waals surface area contributed by atoms with Gasteiger partial charge in [0.05, 0.1) is 6.42 Å². The van der Waals surface area contributed by atoms with Crippen LogP contribution in [0.3, 0.4) is 0 Å². The lowest BCUT2D eigenvalue weighted by Crippen LogP contribution is -2.28. The zero-order valence-electron chi connectivity index (χ0n) is 20.3. The highest BCUT2D eigenvalue weighted by atomic mass is 35.5. The Balaban J connectivity index is 0.00000361. The quantitative estimate of drug-likeness (QED) is 0.304. The zero-order valence-corrected chi connectivity index (χ0v) is 21.1. The number of carbonyl (C=O) groups is 2. The Morgan fingerprint density at radius 3 is 2.42 bits per heavy atom. The Labute approximate surface area is 217 Å². The second-order valence-corrected chi connectivity index (χ2v) is 8.76. The molecule has 0 radical (unpaired) electrons. The lowest BCUT2D eigenvalue weighted by atomic mass is 10.0. The fraction of sp³-hybridized carbons (Fsp3) is 0.250. The van der Waals surface area contributed by atoms with Crippen LogP contribution in [0.4, 0.5) is 5.69 Å². The van der Waals surface area contributed by atoms with Gasteiger partial charge in [0, 0.05) is 35.5 Å². The predicted molar refractivity (Wildman–Crippen MR) is 144 cm³/mol. The Morgan fingerprint density at radius 1 is 1.03 bits per heavy atom. The molecule has 1 aliphatic heterocycles. The van der Waals surface area contributed by atoms with Gasteiger partial charge in [-0.2, -0.15) is 0 Å². The molecule has 1 heterocycles. The zero-order chi connectivity index (χ0) is 24.8. The van der Waals surface area contributed by atoms with E-state index in [-0.39, 0.29) is 36.5 Å². The Bertz CT molecular complexity index is 1240. The molecule has 36 heavy (non-hydrogen) atoms.